The van der Waals surface area contributed by atoms with Crippen molar-refractivity contribution in [1.82, 2.24) is 0 Å². The van der Waals surface area contributed by atoms with Crippen LogP contribution in [0.15, 0.2) is 0 Å². The third-order valence-corrected chi connectivity index (χ3v) is 19.1. The molecule has 0 N–H and O–H groups in total. The van der Waals surface area contributed by atoms with E-state index in [1.165, 1.54) is 482 Å². The van der Waals surface area contributed by atoms with Gasteiger partial charge in [-0.1, -0.05) is 502 Å². The first-order chi connectivity index (χ1) is 41.7. The van der Waals surface area contributed by atoms with Crippen LogP contribution in [0, 0.1) is 20.8 Å². The van der Waals surface area contributed by atoms with Crippen molar-refractivity contribution in [3.63, 3.8) is 0 Å². The van der Waals surface area contributed by atoms with E-state index >= 15 is 0 Å². The van der Waals surface area contributed by atoms with Gasteiger partial charge in [0.15, 0.2) is 0 Å². The summed E-state index contributed by atoms with van der Waals surface area (Å²) in [4.78, 5) is 0. The minimum Gasteiger partial charge on any atom is -0.343 e. The molecule has 0 saturated carbocycles. The Kier molecular flexibility index (Phi) is 103. The summed E-state index contributed by atoms with van der Waals surface area (Å²) in [5.74, 6) is 0. The Hall–Kier alpha value is 0.532. The number of rotatable bonds is 75. The van der Waals surface area contributed by atoms with E-state index in [0.29, 0.717) is 0 Å². The second kappa shape index (κ2) is 95.6. The van der Waals surface area contributed by atoms with Gasteiger partial charge in [-0.05, 0) is 0 Å². The molecule has 0 rings (SSSR count). The third kappa shape index (κ3) is 101. The van der Waals surface area contributed by atoms with E-state index in [0.717, 1.165) is 19.3 Å². The molecular weight excluding hydrogens is 1040 g/mol. The summed E-state index contributed by atoms with van der Waals surface area (Å²) in [5.41, 5.74) is 0. The summed E-state index contributed by atoms with van der Waals surface area (Å²) in [6.45, 7) is 18.7. The Balaban J connectivity index is -0.000000576. The average molecular weight is 1210 g/mol. The van der Waals surface area contributed by atoms with Crippen LogP contribution in [0.2, 0.25) is 0 Å². The molecule has 0 aliphatic carbocycles. The fourth-order valence-corrected chi connectivity index (χ4v) is 12.9. The fraction of sp³-hybridized carbons (Fsp3) is 0.964. The van der Waals surface area contributed by atoms with E-state index in [1.807, 2.05) is 0 Å². The molecule has 0 nitrogen and oxygen atoms in total. The van der Waals surface area contributed by atoms with Crippen molar-refractivity contribution >= 4 is 17.4 Å². The Morgan fingerprint density at radius 1 is 0.106 bits per heavy atom. The largest absolute Gasteiger partial charge is 3.00 e. The normalized spacial score (nSPS) is 11.2. The molecule has 0 aromatic carbocycles. The van der Waals surface area contributed by atoms with Crippen LogP contribution in [0.1, 0.15) is 522 Å². The molecule has 0 fully saturated rings. The zero-order chi connectivity index (χ0) is 61.2. The number of hydrogen-bond donors (Lipinski definition) is 0. The van der Waals surface area contributed by atoms with Gasteiger partial charge in [-0.15, -0.1) is 0 Å². The first-order valence-electron chi connectivity index (χ1n) is 41.1. The van der Waals surface area contributed by atoms with E-state index in [1.54, 1.807) is 0 Å². The average Bonchev–Trinajstić information content (AvgIpc) is 3.50. The van der Waals surface area contributed by atoms with Crippen molar-refractivity contribution in [3.8, 4) is 0 Å². The van der Waals surface area contributed by atoms with Gasteiger partial charge in [0, 0.05) is 0 Å². The van der Waals surface area contributed by atoms with E-state index < -0.39 is 0 Å². The zero-order valence-corrected chi connectivity index (χ0v) is 62.0. The fourth-order valence-electron chi connectivity index (χ4n) is 12.9. The van der Waals surface area contributed by atoms with E-state index in [9.17, 15) is 0 Å². The molecule has 0 atom stereocenters. The molecule has 0 aliphatic rings. The molecule has 85 heavy (non-hydrogen) atoms. The molecule has 1 heteroatoms. The summed E-state index contributed by atoms with van der Waals surface area (Å²) < 4.78 is 0. The van der Waals surface area contributed by atoms with Gasteiger partial charge in [-0.3, -0.25) is 0 Å². The first kappa shape index (κ1) is 91.9. The van der Waals surface area contributed by atoms with Gasteiger partial charge in [0.1, 0.15) is 0 Å². The summed E-state index contributed by atoms with van der Waals surface area (Å²) >= 11 is 0. The van der Waals surface area contributed by atoms with Crippen molar-refractivity contribution in [2.45, 2.75) is 522 Å². The molecular formula is C84H171Al. The first-order valence-corrected chi connectivity index (χ1v) is 41.1. The van der Waals surface area contributed by atoms with Crippen LogP contribution in [-0.2, 0) is 0 Å². The predicted octanol–water partition coefficient (Wildman–Crippen LogP) is 32.6. The van der Waals surface area contributed by atoms with Crippen LogP contribution in [0.3, 0.4) is 0 Å². The molecule has 0 aromatic rings. The minimum absolute atomic E-state index is 0. The SMILES string of the molecule is [Al+3].[CH2-]CCCCCCCCCCCCCCCCCCCCCCCCCCC.[CH2-]CCCCCCCCCCCCCCCCCCCCCCCCCCC.[CH2-]CCCCCCCCCCCCCCCCCCCCCCCCCCC. The van der Waals surface area contributed by atoms with Gasteiger partial charge >= 0.3 is 17.4 Å². The van der Waals surface area contributed by atoms with Gasteiger partial charge in [0.2, 0.25) is 0 Å². The van der Waals surface area contributed by atoms with Crippen LogP contribution >= 0.6 is 0 Å². The standard InChI is InChI=1S/3C28H57.Al/c3*1-3-5-7-9-11-13-15-17-19-21-23-25-27-28-26-24-22-20-18-16-14-12-10-8-6-4-2;/h3*1,3-28H2,2H3;/q3*-1;+3. The van der Waals surface area contributed by atoms with Gasteiger partial charge in [0.25, 0.3) is 0 Å². The maximum absolute atomic E-state index is 3.91. The van der Waals surface area contributed by atoms with Crippen molar-refractivity contribution in [1.29, 1.82) is 0 Å². The molecule has 0 heterocycles. The maximum Gasteiger partial charge on any atom is 3.00 e. The molecule has 0 aliphatic heterocycles. The van der Waals surface area contributed by atoms with Crippen LogP contribution in [0.5, 0.6) is 0 Å². The van der Waals surface area contributed by atoms with E-state index in [4.69, 9.17) is 0 Å². The van der Waals surface area contributed by atoms with Crippen molar-refractivity contribution in [2.24, 2.45) is 0 Å². The molecule has 0 radical (unpaired) electrons. The minimum atomic E-state index is 0. The zero-order valence-electron chi connectivity index (χ0n) is 60.9. The van der Waals surface area contributed by atoms with Crippen LogP contribution in [0.4, 0.5) is 0 Å². The second-order valence-corrected chi connectivity index (χ2v) is 28.0. The topological polar surface area (TPSA) is 0 Å². The smallest absolute Gasteiger partial charge is 0.343 e. The molecule has 0 unspecified atom stereocenters. The summed E-state index contributed by atoms with van der Waals surface area (Å²) in [6.07, 6.45) is 113. The van der Waals surface area contributed by atoms with Crippen molar-refractivity contribution in [2.75, 3.05) is 0 Å². The molecule has 0 spiro atoms. The van der Waals surface area contributed by atoms with Crippen LogP contribution in [-0.4, -0.2) is 17.4 Å². The monoisotopic (exact) mass is 1210 g/mol. The third-order valence-electron chi connectivity index (χ3n) is 19.1. The van der Waals surface area contributed by atoms with E-state index in [-0.39, 0.29) is 17.4 Å². The van der Waals surface area contributed by atoms with E-state index in [2.05, 4.69) is 41.5 Å². The summed E-state index contributed by atoms with van der Waals surface area (Å²) in [5, 5.41) is 0. The number of hydrogen-bond acceptors (Lipinski definition) is 0. The van der Waals surface area contributed by atoms with Crippen molar-refractivity contribution < 1.29 is 0 Å². The molecule has 0 saturated heterocycles. The maximum atomic E-state index is 3.91. The molecule has 0 bridgehead atoms. The van der Waals surface area contributed by atoms with Crippen LogP contribution in [0.25, 0.3) is 0 Å². The molecule has 0 aromatic heterocycles. The predicted molar refractivity (Wildman–Crippen MR) is 399 cm³/mol. The van der Waals surface area contributed by atoms with Gasteiger partial charge in [-0.25, -0.2) is 0 Å². The van der Waals surface area contributed by atoms with Crippen molar-refractivity contribution in [3.05, 3.63) is 20.8 Å². The second-order valence-electron chi connectivity index (χ2n) is 28.0. The van der Waals surface area contributed by atoms with Gasteiger partial charge in [-0.2, -0.15) is 19.3 Å². The van der Waals surface area contributed by atoms with Gasteiger partial charge < -0.3 is 20.8 Å². The molecule has 510 valence electrons. The Morgan fingerprint density at radius 3 is 0.224 bits per heavy atom. The van der Waals surface area contributed by atoms with Crippen LogP contribution < -0.4 is 0 Å². The Bertz CT molecular complexity index is 787. The molecule has 0 amide bonds. The summed E-state index contributed by atoms with van der Waals surface area (Å²) in [6, 6.07) is 0. The Labute approximate surface area is 556 Å². The quantitative estimate of drug-likeness (QED) is 0.0323. The van der Waals surface area contributed by atoms with Gasteiger partial charge in [0.05, 0.1) is 0 Å². The summed E-state index contributed by atoms with van der Waals surface area (Å²) in [7, 11) is 0. The Morgan fingerprint density at radius 2 is 0.165 bits per heavy atom. The number of unbranched alkanes of at least 4 members (excludes halogenated alkanes) is 75.